The molecule has 0 unspecified atom stereocenters. The normalized spacial score (nSPS) is 31.4. The predicted octanol–water partition coefficient (Wildman–Crippen LogP) is 3.61. The molecular formula is C23H28FNO4S2. The van der Waals surface area contributed by atoms with Gasteiger partial charge in [0.25, 0.3) is 0 Å². The maximum Gasteiger partial charge on any atom is 0.221 e. The fraction of sp³-hybridized carbons (Fsp3) is 0.478. The van der Waals surface area contributed by atoms with Crippen molar-refractivity contribution in [2.75, 3.05) is 11.5 Å². The molecule has 2 aliphatic rings. The second kappa shape index (κ2) is 8.83. The van der Waals surface area contributed by atoms with Gasteiger partial charge in [-0.25, -0.2) is 12.8 Å². The molecule has 2 atom stereocenters. The second-order valence-electron chi connectivity index (χ2n) is 8.60. The number of hydrogen-bond donors (Lipinski definition) is 1. The Labute approximate surface area is 186 Å². The molecule has 8 heteroatoms. The molecule has 168 valence electrons. The molecule has 2 saturated heterocycles. The van der Waals surface area contributed by atoms with Gasteiger partial charge in [-0.15, -0.1) is 0 Å². The van der Waals surface area contributed by atoms with Crippen molar-refractivity contribution in [1.29, 1.82) is 0 Å². The third kappa shape index (κ3) is 4.54. The van der Waals surface area contributed by atoms with Crippen LogP contribution in [-0.2, 0) is 33.3 Å². The van der Waals surface area contributed by atoms with E-state index in [1.54, 1.807) is 12.1 Å². The van der Waals surface area contributed by atoms with Gasteiger partial charge in [-0.05, 0) is 37.0 Å². The van der Waals surface area contributed by atoms with E-state index in [4.69, 9.17) is 0 Å². The van der Waals surface area contributed by atoms with Crippen molar-refractivity contribution in [3.05, 3.63) is 71.0 Å². The number of rotatable bonds is 4. The third-order valence-corrected chi connectivity index (χ3v) is 10.3. The average Bonchev–Trinajstić information content (AvgIpc) is 2.74. The van der Waals surface area contributed by atoms with Gasteiger partial charge in [0.05, 0.1) is 5.60 Å². The van der Waals surface area contributed by atoms with E-state index in [1.165, 1.54) is 10.4 Å². The van der Waals surface area contributed by atoms with Crippen LogP contribution in [0.1, 0.15) is 54.5 Å². The third-order valence-electron chi connectivity index (χ3n) is 6.60. The quantitative estimate of drug-likeness (QED) is 0.700. The molecule has 31 heavy (non-hydrogen) atoms. The van der Waals surface area contributed by atoms with Gasteiger partial charge in [0.1, 0.15) is 22.6 Å². The Balaban J connectivity index is 1.58. The first-order valence-corrected chi connectivity index (χ1v) is 13.6. The first-order chi connectivity index (χ1) is 14.7. The number of hydrogen-bond acceptors (Lipinski definition) is 4. The number of halogens is 1. The Hall–Kier alpha value is -1.45. The summed E-state index contributed by atoms with van der Waals surface area (Å²) in [5.41, 5.74) is 0.320. The van der Waals surface area contributed by atoms with Crippen molar-refractivity contribution < 1.29 is 22.5 Å². The SMILES string of the molecule is C[C@H]1CC[C@H](c2ccccc2)S(=O)(=O)N1Cc1ccc(C2(O)CC[S+]([O-])CC2)cc1F. The summed E-state index contributed by atoms with van der Waals surface area (Å²) in [4.78, 5) is 0. The van der Waals surface area contributed by atoms with E-state index >= 15 is 4.39 Å². The van der Waals surface area contributed by atoms with Crippen LogP contribution in [0.4, 0.5) is 4.39 Å². The van der Waals surface area contributed by atoms with Gasteiger partial charge in [-0.1, -0.05) is 53.6 Å². The van der Waals surface area contributed by atoms with Crippen molar-refractivity contribution >= 4 is 21.2 Å². The predicted molar refractivity (Wildman–Crippen MR) is 120 cm³/mol. The molecule has 2 fully saturated rings. The molecule has 2 aliphatic heterocycles. The zero-order chi connectivity index (χ0) is 22.2. The summed E-state index contributed by atoms with van der Waals surface area (Å²) < 4.78 is 54.8. The number of nitrogens with zero attached hydrogens (tertiary/aromatic N) is 1. The molecule has 0 aliphatic carbocycles. The molecule has 0 aromatic heterocycles. The summed E-state index contributed by atoms with van der Waals surface area (Å²) in [5.74, 6) is 0.260. The Morgan fingerprint density at radius 2 is 1.84 bits per heavy atom. The smallest absolute Gasteiger partial charge is 0.221 e. The molecule has 2 heterocycles. The van der Waals surface area contributed by atoms with Gasteiger partial charge in [0, 0.05) is 31.0 Å². The fourth-order valence-electron chi connectivity index (χ4n) is 4.57. The molecule has 2 aromatic rings. The monoisotopic (exact) mass is 465 g/mol. The van der Waals surface area contributed by atoms with Gasteiger partial charge < -0.3 is 9.66 Å². The molecule has 0 spiro atoms. The molecule has 4 rings (SSSR count). The highest BCUT2D eigenvalue weighted by atomic mass is 32.2. The fourth-order valence-corrected chi connectivity index (χ4v) is 8.09. The van der Waals surface area contributed by atoms with E-state index in [9.17, 15) is 18.1 Å². The van der Waals surface area contributed by atoms with E-state index in [0.29, 0.717) is 42.8 Å². The summed E-state index contributed by atoms with van der Waals surface area (Å²) in [6.45, 7) is 1.82. The number of sulfonamides is 1. The second-order valence-corrected chi connectivity index (χ2v) is 12.4. The van der Waals surface area contributed by atoms with Gasteiger partial charge in [0.2, 0.25) is 10.0 Å². The lowest BCUT2D eigenvalue weighted by Gasteiger charge is -2.37. The van der Waals surface area contributed by atoms with Gasteiger partial charge in [0.15, 0.2) is 0 Å². The summed E-state index contributed by atoms with van der Waals surface area (Å²) in [6.07, 6.45) is 1.90. The number of aliphatic hydroxyl groups is 1. The largest absolute Gasteiger partial charge is 0.616 e. The minimum Gasteiger partial charge on any atom is -0.616 e. The van der Waals surface area contributed by atoms with E-state index in [1.807, 2.05) is 37.3 Å². The van der Waals surface area contributed by atoms with Crippen molar-refractivity contribution in [3.8, 4) is 0 Å². The Bertz CT molecular complexity index is 1020. The zero-order valence-corrected chi connectivity index (χ0v) is 19.2. The summed E-state index contributed by atoms with van der Waals surface area (Å²) in [7, 11) is -3.65. The van der Waals surface area contributed by atoms with E-state index in [-0.39, 0.29) is 18.2 Å². The van der Waals surface area contributed by atoms with Crippen molar-refractivity contribution in [3.63, 3.8) is 0 Å². The molecule has 0 bridgehead atoms. The number of benzene rings is 2. The zero-order valence-electron chi connectivity index (χ0n) is 17.5. The molecule has 0 amide bonds. The average molecular weight is 466 g/mol. The first-order valence-electron chi connectivity index (χ1n) is 10.6. The lowest BCUT2D eigenvalue weighted by atomic mass is 9.87. The highest BCUT2D eigenvalue weighted by molar-refractivity contribution is 7.91. The van der Waals surface area contributed by atoms with Crippen LogP contribution in [0, 0.1) is 5.82 Å². The highest BCUT2D eigenvalue weighted by Crippen LogP contribution is 2.39. The van der Waals surface area contributed by atoms with Crippen LogP contribution in [-0.4, -0.2) is 39.9 Å². The standard InChI is InChI=1S/C23H28FNO4S2/c1-17-7-10-22(18-5-3-2-4-6-18)31(28,29)25(17)16-19-8-9-20(15-21(19)24)23(26)11-13-30(27)14-12-23/h2-6,8-9,15,17,22,26H,7,10-14,16H2,1H3/t17-,22+,23?,30?/m0/s1. The van der Waals surface area contributed by atoms with Crippen LogP contribution >= 0.6 is 0 Å². The first kappa shape index (κ1) is 22.7. The van der Waals surface area contributed by atoms with Crippen LogP contribution in [0.15, 0.2) is 48.5 Å². The molecular weight excluding hydrogens is 437 g/mol. The van der Waals surface area contributed by atoms with Crippen LogP contribution in [0.5, 0.6) is 0 Å². The Kier molecular flexibility index (Phi) is 6.47. The van der Waals surface area contributed by atoms with E-state index in [0.717, 1.165) is 5.56 Å². The minimum absolute atomic E-state index is 0.0403. The Morgan fingerprint density at radius 3 is 2.48 bits per heavy atom. The topological polar surface area (TPSA) is 80.7 Å². The van der Waals surface area contributed by atoms with Gasteiger partial charge in [-0.2, -0.15) is 4.31 Å². The van der Waals surface area contributed by atoms with Crippen molar-refractivity contribution in [1.82, 2.24) is 4.31 Å². The van der Waals surface area contributed by atoms with Gasteiger partial charge >= 0.3 is 0 Å². The summed E-state index contributed by atoms with van der Waals surface area (Å²) in [6, 6.07) is 13.5. The molecule has 1 N–H and O–H groups in total. The molecule has 0 radical (unpaired) electrons. The van der Waals surface area contributed by atoms with Crippen molar-refractivity contribution in [2.45, 2.75) is 56.0 Å². The maximum absolute atomic E-state index is 15.0. The van der Waals surface area contributed by atoms with Crippen molar-refractivity contribution in [2.24, 2.45) is 0 Å². The lowest BCUT2D eigenvalue weighted by Crippen LogP contribution is -2.44. The van der Waals surface area contributed by atoms with Crippen LogP contribution < -0.4 is 0 Å². The molecule has 5 nitrogen and oxygen atoms in total. The summed E-state index contributed by atoms with van der Waals surface area (Å²) >= 11 is -0.935. The highest BCUT2D eigenvalue weighted by Gasteiger charge is 2.41. The lowest BCUT2D eigenvalue weighted by molar-refractivity contribution is 0.0260. The van der Waals surface area contributed by atoms with E-state index < -0.39 is 37.9 Å². The Morgan fingerprint density at radius 1 is 1.16 bits per heavy atom. The minimum atomic E-state index is -3.65. The van der Waals surface area contributed by atoms with Crippen LogP contribution in [0.2, 0.25) is 0 Å². The molecule has 2 aromatic carbocycles. The molecule has 0 saturated carbocycles. The maximum atomic E-state index is 15.0. The summed E-state index contributed by atoms with van der Waals surface area (Å²) in [5, 5.41) is 10.2. The van der Waals surface area contributed by atoms with Crippen LogP contribution in [0.25, 0.3) is 0 Å². The van der Waals surface area contributed by atoms with Crippen LogP contribution in [0.3, 0.4) is 0 Å². The van der Waals surface area contributed by atoms with E-state index in [2.05, 4.69) is 0 Å². The van der Waals surface area contributed by atoms with Gasteiger partial charge in [-0.3, -0.25) is 0 Å².